The zero-order valence-corrected chi connectivity index (χ0v) is 7.70. The van der Waals surface area contributed by atoms with Crippen LogP contribution in [-0.4, -0.2) is 41.4 Å². The smallest absolute Gasteiger partial charge is 0.372 e. The van der Waals surface area contributed by atoms with Crippen LogP contribution in [0.5, 0.6) is 0 Å². The topological polar surface area (TPSA) is 57.6 Å². The lowest BCUT2D eigenvalue weighted by molar-refractivity contribution is -0.149. The lowest BCUT2D eigenvalue weighted by Gasteiger charge is -2.19. The standard InChI is InChI=1S/C8H15NO3/c1-6(2)9(3)5-4-7(10)8(11)12/h6H,4-5H2,1-3H3,(H,11,12). The second-order valence-electron chi connectivity index (χ2n) is 3.05. The van der Waals surface area contributed by atoms with Crippen LogP contribution in [0, 0.1) is 0 Å². The zero-order valence-electron chi connectivity index (χ0n) is 7.70. The van der Waals surface area contributed by atoms with Gasteiger partial charge >= 0.3 is 5.97 Å². The molecule has 0 aliphatic carbocycles. The van der Waals surface area contributed by atoms with Crippen molar-refractivity contribution in [3.63, 3.8) is 0 Å². The van der Waals surface area contributed by atoms with Gasteiger partial charge in [-0.1, -0.05) is 0 Å². The number of hydrogen-bond donors (Lipinski definition) is 1. The number of carbonyl (C=O) groups is 2. The normalized spacial score (nSPS) is 10.8. The van der Waals surface area contributed by atoms with Gasteiger partial charge in [-0.15, -0.1) is 0 Å². The van der Waals surface area contributed by atoms with Gasteiger partial charge in [0.15, 0.2) is 0 Å². The number of rotatable bonds is 5. The fourth-order valence-electron chi connectivity index (χ4n) is 0.643. The summed E-state index contributed by atoms with van der Waals surface area (Å²) in [6.45, 7) is 4.49. The molecule has 0 radical (unpaired) electrons. The Hall–Kier alpha value is -0.900. The summed E-state index contributed by atoms with van der Waals surface area (Å²) in [5, 5.41) is 8.27. The molecule has 4 nitrogen and oxygen atoms in total. The van der Waals surface area contributed by atoms with Crippen molar-refractivity contribution < 1.29 is 14.7 Å². The zero-order chi connectivity index (χ0) is 9.72. The fourth-order valence-corrected chi connectivity index (χ4v) is 0.643. The predicted octanol–water partition coefficient (Wildman–Crippen LogP) is 0.370. The molecule has 0 saturated heterocycles. The molecule has 0 atom stereocenters. The van der Waals surface area contributed by atoms with Crippen molar-refractivity contribution in [1.82, 2.24) is 4.90 Å². The first kappa shape index (κ1) is 11.1. The average molecular weight is 173 g/mol. The fraction of sp³-hybridized carbons (Fsp3) is 0.750. The maximum Gasteiger partial charge on any atom is 0.372 e. The minimum Gasteiger partial charge on any atom is -0.476 e. The summed E-state index contributed by atoms with van der Waals surface area (Å²) in [5.74, 6) is -2.06. The highest BCUT2D eigenvalue weighted by molar-refractivity contribution is 6.32. The maximum absolute atomic E-state index is 10.6. The first-order chi connectivity index (χ1) is 5.45. The van der Waals surface area contributed by atoms with E-state index in [0.29, 0.717) is 12.6 Å². The molecule has 0 spiro atoms. The molecule has 0 saturated carbocycles. The Labute approximate surface area is 72.2 Å². The van der Waals surface area contributed by atoms with Crippen LogP contribution in [0.25, 0.3) is 0 Å². The van der Waals surface area contributed by atoms with Gasteiger partial charge in [0.05, 0.1) is 0 Å². The van der Waals surface area contributed by atoms with E-state index in [4.69, 9.17) is 5.11 Å². The van der Waals surface area contributed by atoms with Crippen LogP contribution in [-0.2, 0) is 9.59 Å². The van der Waals surface area contributed by atoms with Crippen molar-refractivity contribution in [1.29, 1.82) is 0 Å². The number of carboxylic acids is 1. The summed E-state index contributed by atoms with van der Waals surface area (Å²) in [5.41, 5.74) is 0. The number of carbonyl (C=O) groups excluding carboxylic acids is 1. The van der Waals surface area contributed by atoms with Crippen LogP contribution in [0.1, 0.15) is 20.3 Å². The van der Waals surface area contributed by atoms with Gasteiger partial charge in [0.1, 0.15) is 0 Å². The third kappa shape index (κ3) is 4.08. The average Bonchev–Trinajstić information content (AvgIpc) is 1.98. The molecule has 12 heavy (non-hydrogen) atoms. The molecule has 0 aromatic carbocycles. The molecule has 0 heterocycles. The van der Waals surface area contributed by atoms with Crippen LogP contribution in [0.3, 0.4) is 0 Å². The van der Waals surface area contributed by atoms with E-state index in [1.54, 1.807) is 0 Å². The molecule has 0 bridgehead atoms. The van der Waals surface area contributed by atoms with Crippen molar-refractivity contribution in [2.24, 2.45) is 0 Å². The third-order valence-electron chi connectivity index (χ3n) is 1.81. The maximum atomic E-state index is 10.6. The highest BCUT2D eigenvalue weighted by atomic mass is 16.4. The molecule has 70 valence electrons. The van der Waals surface area contributed by atoms with Gasteiger partial charge in [-0.05, 0) is 20.9 Å². The number of aliphatic carboxylic acids is 1. The van der Waals surface area contributed by atoms with Gasteiger partial charge in [-0.25, -0.2) is 4.79 Å². The van der Waals surface area contributed by atoms with Gasteiger partial charge in [0.2, 0.25) is 5.78 Å². The molecule has 0 rings (SSSR count). The lowest BCUT2D eigenvalue weighted by atomic mass is 10.2. The third-order valence-corrected chi connectivity index (χ3v) is 1.81. The first-order valence-electron chi connectivity index (χ1n) is 3.91. The summed E-state index contributed by atoms with van der Waals surface area (Å²) in [6, 6.07) is 0.339. The van der Waals surface area contributed by atoms with Crippen molar-refractivity contribution in [3.8, 4) is 0 Å². The minimum absolute atomic E-state index is 0.0873. The monoisotopic (exact) mass is 173 g/mol. The van der Waals surface area contributed by atoms with E-state index < -0.39 is 11.8 Å². The Morgan fingerprint density at radius 3 is 2.25 bits per heavy atom. The molecule has 0 fully saturated rings. The number of hydrogen-bond acceptors (Lipinski definition) is 3. The molecule has 0 aromatic heterocycles. The Balaban J connectivity index is 3.69. The van der Waals surface area contributed by atoms with Crippen LogP contribution in [0.4, 0.5) is 0 Å². The molecular formula is C8H15NO3. The molecular weight excluding hydrogens is 158 g/mol. The highest BCUT2D eigenvalue weighted by Gasteiger charge is 2.12. The van der Waals surface area contributed by atoms with Gasteiger partial charge in [-0.2, -0.15) is 0 Å². The Bertz CT molecular complexity index is 177. The Morgan fingerprint density at radius 2 is 1.92 bits per heavy atom. The van der Waals surface area contributed by atoms with E-state index in [2.05, 4.69) is 0 Å². The summed E-state index contributed by atoms with van der Waals surface area (Å²) in [7, 11) is 1.86. The quantitative estimate of drug-likeness (QED) is 0.610. The Morgan fingerprint density at radius 1 is 1.42 bits per heavy atom. The molecule has 0 aliphatic heterocycles. The van der Waals surface area contributed by atoms with Crippen LogP contribution < -0.4 is 0 Å². The lowest BCUT2D eigenvalue weighted by Crippen LogP contribution is -2.30. The van der Waals surface area contributed by atoms with E-state index in [0.717, 1.165) is 0 Å². The van der Waals surface area contributed by atoms with Gasteiger partial charge in [-0.3, -0.25) is 4.79 Å². The largest absolute Gasteiger partial charge is 0.476 e. The molecule has 0 amide bonds. The predicted molar refractivity (Wildman–Crippen MR) is 45.0 cm³/mol. The number of Topliss-reactive ketones (excluding diaryl/α,β-unsaturated/α-hetero) is 1. The SMILES string of the molecule is CC(C)N(C)CCC(=O)C(=O)O. The molecule has 0 aromatic rings. The molecule has 4 heteroatoms. The molecule has 1 N–H and O–H groups in total. The molecule has 0 unspecified atom stereocenters. The second kappa shape index (κ2) is 4.87. The highest BCUT2D eigenvalue weighted by Crippen LogP contribution is 1.95. The summed E-state index contributed by atoms with van der Waals surface area (Å²) in [6.07, 6.45) is 0.0873. The van der Waals surface area contributed by atoms with E-state index in [1.807, 2.05) is 25.8 Å². The van der Waals surface area contributed by atoms with E-state index >= 15 is 0 Å². The van der Waals surface area contributed by atoms with E-state index in [9.17, 15) is 9.59 Å². The van der Waals surface area contributed by atoms with E-state index in [-0.39, 0.29) is 6.42 Å². The van der Waals surface area contributed by atoms with E-state index in [1.165, 1.54) is 0 Å². The van der Waals surface area contributed by atoms with Crippen LogP contribution in [0.15, 0.2) is 0 Å². The number of ketones is 1. The van der Waals surface area contributed by atoms with Crippen molar-refractivity contribution in [2.45, 2.75) is 26.3 Å². The summed E-state index contributed by atoms with van der Waals surface area (Å²) >= 11 is 0. The van der Waals surface area contributed by atoms with Crippen LogP contribution in [0.2, 0.25) is 0 Å². The summed E-state index contributed by atoms with van der Waals surface area (Å²) < 4.78 is 0. The Kier molecular flexibility index (Phi) is 4.51. The van der Waals surface area contributed by atoms with Crippen molar-refractivity contribution >= 4 is 11.8 Å². The first-order valence-corrected chi connectivity index (χ1v) is 3.91. The van der Waals surface area contributed by atoms with Crippen LogP contribution >= 0.6 is 0 Å². The van der Waals surface area contributed by atoms with Gasteiger partial charge < -0.3 is 10.0 Å². The van der Waals surface area contributed by atoms with Gasteiger partial charge in [0.25, 0.3) is 0 Å². The minimum atomic E-state index is -1.34. The summed E-state index contributed by atoms with van der Waals surface area (Å²) in [4.78, 5) is 22.7. The van der Waals surface area contributed by atoms with Crippen molar-refractivity contribution in [2.75, 3.05) is 13.6 Å². The van der Waals surface area contributed by atoms with Gasteiger partial charge in [0, 0.05) is 19.0 Å². The number of carboxylic acid groups (broad SMARTS) is 1. The number of nitrogens with zero attached hydrogens (tertiary/aromatic N) is 1. The molecule has 0 aliphatic rings. The van der Waals surface area contributed by atoms with Crippen molar-refractivity contribution in [3.05, 3.63) is 0 Å². The second-order valence-corrected chi connectivity index (χ2v) is 3.05.